The van der Waals surface area contributed by atoms with Crippen LogP contribution in [-0.4, -0.2) is 31.1 Å². The summed E-state index contributed by atoms with van der Waals surface area (Å²) in [6.07, 6.45) is 15.3. The highest BCUT2D eigenvalue weighted by molar-refractivity contribution is 4.54. The zero-order valence-electron chi connectivity index (χ0n) is 14.0. The molecule has 0 N–H and O–H groups in total. The first kappa shape index (κ1) is 19.5. The standard InChI is InChI=1S/C18H37NO/c1-4-19(5-2)17-15-13-11-9-7-8-10-12-14-16-18-20-6-3/h6H,3-5,7-18H2,1-2H3. The van der Waals surface area contributed by atoms with Crippen molar-refractivity contribution in [2.45, 2.75) is 78.1 Å². The Morgan fingerprint density at radius 2 is 1.20 bits per heavy atom. The highest BCUT2D eigenvalue weighted by Crippen LogP contribution is 2.11. The fourth-order valence-electron chi connectivity index (χ4n) is 2.56. The van der Waals surface area contributed by atoms with Crippen LogP contribution in [-0.2, 0) is 4.74 Å². The van der Waals surface area contributed by atoms with Gasteiger partial charge in [-0.3, -0.25) is 0 Å². The lowest BCUT2D eigenvalue weighted by atomic mass is 10.1. The van der Waals surface area contributed by atoms with Gasteiger partial charge in [0.1, 0.15) is 0 Å². The second-order valence-corrected chi connectivity index (χ2v) is 5.60. The molecule has 0 unspecified atom stereocenters. The maximum absolute atomic E-state index is 5.11. The minimum absolute atomic E-state index is 0.843. The number of rotatable bonds is 16. The van der Waals surface area contributed by atoms with E-state index in [1.54, 1.807) is 6.26 Å². The molecular formula is C18H37NO. The van der Waals surface area contributed by atoms with Crippen LogP contribution in [0.1, 0.15) is 78.1 Å². The minimum atomic E-state index is 0.843. The molecule has 0 bridgehead atoms. The van der Waals surface area contributed by atoms with Crippen LogP contribution >= 0.6 is 0 Å². The summed E-state index contributed by atoms with van der Waals surface area (Å²) >= 11 is 0. The van der Waals surface area contributed by atoms with Crippen molar-refractivity contribution in [3.8, 4) is 0 Å². The fraction of sp³-hybridized carbons (Fsp3) is 0.889. The van der Waals surface area contributed by atoms with E-state index >= 15 is 0 Å². The van der Waals surface area contributed by atoms with Crippen molar-refractivity contribution in [3.05, 3.63) is 12.8 Å². The molecule has 0 aromatic carbocycles. The molecule has 0 aliphatic heterocycles. The van der Waals surface area contributed by atoms with Crippen LogP contribution in [0.3, 0.4) is 0 Å². The third-order valence-electron chi connectivity index (χ3n) is 4.00. The third-order valence-corrected chi connectivity index (χ3v) is 4.00. The Morgan fingerprint density at radius 3 is 1.65 bits per heavy atom. The van der Waals surface area contributed by atoms with Crippen molar-refractivity contribution in [2.24, 2.45) is 0 Å². The molecule has 120 valence electrons. The minimum Gasteiger partial charge on any atom is -0.502 e. The Hall–Kier alpha value is -0.500. The zero-order chi connectivity index (χ0) is 14.9. The van der Waals surface area contributed by atoms with E-state index in [1.807, 2.05) is 0 Å². The van der Waals surface area contributed by atoms with Gasteiger partial charge in [0.05, 0.1) is 12.9 Å². The molecule has 0 aromatic rings. The second kappa shape index (κ2) is 16.6. The van der Waals surface area contributed by atoms with Gasteiger partial charge in [0.15, 0.2) is 0 Å². The van der Waals surface area contributed by atoms with E-state index in [-0.39, 0.29) is 0 Å². The highest BCUT2D eigenvalue weighted by atomic mass is 16.5. The quantitative estimate of drug-likeness (QED) is 0.278. The van der Waals surface area contributed by atoms with Crippen molar-refractivity contribution in [1.82, 2.24) is 4.90 Å². The Kier molecular flexibility index (Phi) is 16.1. The maximum Gasteiger partial charge on any atom is 0.0873 e. The molecule has 0 amide bonds. The van der Waals surface area contributed by atoms with Crippen molar-refractivity contribution < 1.29 is 4.74 Å². The molecule has 0 radical (unpaired) electrons. The molecule has 0 fully saturated rings. The topological polar surface area (TPSA) is 12.5 Å². The molecule has 0 heterocycles. The maximum atomic E-state index is 5.11. The number of hydrogen-bond acceptors (Lipinski definition) is 2. The van der Waals surface area contributed by atoms with E-state index in [4.69, 9.17) is 4.74 Å². The molecule has 20 heavy (non-hydrogen) atoms. The molecule has 0 saturated carbocycles. The highest BCUT2D eigenvalue weighted by Gasteiger charge is 1.98. The molecule has 0 aliphatic carbocycles. The van der Waals surface area contributed by atoms with Gasteiger partial charge in [-0.05, 0) is 32.5 Å². The first-order chi connectivity index (χ1) is 9.85. The Balaban J connectivity index is 3.04. The first-order valence-corrected chi connectivity index (χ1v) is 8.80. The Labute approximate surface area is 127 Å². The number of hydrogen-bond donors (Lipinski definition) is 0. The predicted molar refractivity (Wildman–Crippen MR) is 90.1 cm³/mol. The van der Waals surface area contributed by atoms with E-state index < -0.39 is 0 Å². The van der Waals surface area contributed by atoms with Crippen LogP contribution < -0.4 is 0 Å². The molecule has 2 nitrogen and oxygen atoms in total. The van der Waals surface area contributed by atoms with Crippen LogP contribution in [0.2, 0.25) is 0 Å². The Morgan fingerprint density at radius 1 is 0.750 bits per heavy atom. The molecular weight excluding hydrogens is 246 g/mol. The number of ether oxygens (including phenoxy) is 1. The summed E-state index contributed by atoms with van der Waals surface area (Å²) in [5.41, 5.74) is 0. The predicted octanol–water partition coefficient (Wildman–Crippen LogP) is 5.39. The summed E-state index contributed by atoms with van der Waals surface area (Å²) in [7, 11) is 0. The van der Waals surface area contributed by atoms with Crippen LogP contribution in [0.4, 0.5) is 0 Å². The van der Waals surface area contributed by atoms with E-state index in [0.29, 0.717) is 0 Å². The molecule has 2 heteroatoms. The summed E-state index contributed by atoms with van der Waals surface area (Å²) in [5, 5.41) is 0. The fourth-order valence-corrected chi connectivity index (χ4v) is 2.56. The molecule has 0 rings (SSSR count). The van der Waals surface area contributed by atoms with E-state index in [9.17, 15) is 0 Å². The van der Waals surface area contributed by atoms with Gasteiger partial charge in [-0.2, -0.15) is 0 Å². The summed E-state index contributed by atoms with van der Waals surface area (Å²) in [4.78, 5) is 2.52. The van der Waals surface area contributed by atoms with Crippen molar-refractivity contribution >= 4 is 0 Å². The summed E-state index contributed by atoms with van der Waals surface area (Å²) in [6, 6.07) is 0. The second-order valence-electron chi connectivity index (χ2n) is 5.60. The molecule has 0 spiro atoms. The van der Waals surface area contributed by atoms with Gasteiger partial charge >= 0.3 is 0 Å². The molecule has 0 atom stereocenters. The summed E-state index contributed by atoms with van der Waals surface area (Å²) < 4.78 is 5.11. The number of nitrogens with zero attached hydrogens (tertiary/aromatic N) is 1. The normalized spacial score (nSPS) is 10.9. The van der Waals surface area contributed by atoms with Crippen molar-refractivity contribution in [2.75, 3.05) is 26.2 Å². The average Bonchev–Trinajstić information content (AvgIpc) is 2.48. The monoisotopic (exact) mass is 283 g/mol. The summed E-state index contributed by atoms with van der Waals surface area (Å²) in [6.45, 7) is 12.6. The van der Waals surface area contributed by atoms with Crippen molar-refractivity contribution in [3.63, 3.8) is 0 Å². The smallest absolute Gasteiger partial charge is 0.0873 e. The van der Waals surface area contributed by atoms with Gasteiger partial charge in [0.2, 0.25) is 0 Å². The zero-order valence-corrected chi connectivity index (χ0v) is 14.0. The largest absolute Gasteiger partial charge is 0.502 e. The van der Waals surface area contributed by atoms with E-state index in [0.717, 1.165) is 6.61 Å². The SMILES string of the molecule is C=COCCCCCCCCCCCCN(CC)CC. The van der Waals surface area contributed by atoms with Crippen LogP contribution in [0.15, 0.2) is 12.8 Å². The third kappa shape index (κ3) is 13.9. The lowest BCUT2D eigenvalue weighted by Crippen LogP contribution is -2.23. The first-order valence-electron chi connectivity index (χ1n) is 8.80. The van der Waals surface area contributed by atoms with Crippen LogP contribution in [0.5, 0.6) is 0 Å². The van der Waals surface area contributed by atoms with Crippen molar-refractivity contribution in [1.29, 1.82) is 0 Å². The van der Waals surface area contributed by atoms with Crippen LogP contribution in [0.25, 0.3) is 0 Å². The van der Waals surface area contributed by atoms with Gasteiger partial charge in [0, 0.05) is 0 Å². The molecule has 0 aromatic heterocycles. The van der Waals surface area contributed by atoms with Gasteiger partial charge in [-0.25, -0.2) is 0 Å². The van der Waals surface area contributed by atoms with Gasteiger partial charge in [-0.1, -0.05) is 71.8 Å². The average molecular weight is 284 g/mol. The van der Waals surface area contributed by atoms with Gasteiger partial charge in [0.25, 0.3) is 0 Å². The van der Waals surface area contributed by atoms with Gasteiger partial charge < -0.3 is 9.64 Å². The van der Waals surface area contributed by atoms with Gasteiger partial charge in [-0.15, -0.1) is 0 Å². The van der Waals surface area contributed by atoms with E-state index in [2.05, 4.69) is 25.3 Å². The Bertz CT molecular complexity index is 190. The molecule has 0 aliphatic rings. The van der Waals surface area contributed by atoms with E-state index in [1.165, 1.54) is 83.8 Å². The lowest BCUT2D eigenvalue weighted by molar-refractivity contribution is 0.241. The molecule has 0 saturated heterocycles. The van der Waals surface area contributed by atoms with Crippen LogP contribution in [0, 0.1) is 0 Å². The lowest BCUT2D eigenvalue weighted by Gasteiger charge is -2.17. The summed E-state index contributed by atoms with van der Waals surface area (Å²) in [5.74, 6) is 0. The number of unbranched alkanes of at least 4 members (excludes halogenated alkanes) is 9.